The van der Waals surface area contributed by atoms with Crippen LogP contribution in [0.3, 0.4) is 0 Å². The first-order valence-corrected chi connectivity index (χ1v) is 9.87. The summed E-state index contributed by atoms with van der Waals surface area (Å²) in [6.07, 6.45) is 1.27. The maximum atomic E-state index is 12.7. The molecule has 5 nitrogen and oxygen atoms in total. The monoisotopic (exact) mass is 381 g/mol. The Hall–Kier alpha value is -1.76. The summed E-state index contributed by atoms with van der Waals surface area (Å²) in [4.78, 5) is 0.280. The molecule has 1 saturated heterocycles. The standard InChI is InChI=1S/C18H20ClNO4S/c1-23-15-5-7-18(8-6-15)25(21,22)20-11-9-16(10-12-20)24-17-4-2-3-14(19)13-17/h2-8,13,16H,9-12H2,1H3. The molecule has 1 aliphatic heterocycles. The third kappa shape index (κ3) is 4.26. The van der Waals surface area contributed by atoms with Crippen LogP contribution >= 0.6 is 11.6 Å². The van der Waals surface area contributed by atoms with Gasteiger partial charge in [0.1, 0.15) is 17.6 Å². The molecule has 0 aliphatic carbocycles. The smallest absolute Gasteiger partial charge is 0.243 e. The van der Waals surface area contributed by atoms with E-state index in [-0.39, 0.29) is 11.0 Å². The zero-order chi connectivity index (χ0) is 17.9. The van der Waals surface area contributed by atoms with Gasteiger partial charge in [0.2, 0.25) is 10.0 Å². The Balaban J connectivity index is 1.62. The maximum absolute atomic E-state index is 12.7. The molecule has 0 N–H and O–H groups in total. The lowest BCUT2D eigenvalue weighted by Gasteiger charge is -2.31. The molecule has 134 valence electrons. The lowest BCUT2D eigenvalue weighted by atomic mass is 10.1. The summed E-state index contributed by atoms with van der Waals surface area (Å²) in [5, 5.41) is 0.622. The maximum Gasteiger partial charge on any atom is 0.243 e. The fourth-order valence-corrected chi connectivity index (χ4v) is 4.47. The summed E-state index contributed by atoms with van der Waals surface area (Å²) in [6.45, 7) is 0.860. The van der Waals surface area contributed by atoms with Crippen molar-refractivity contribution in [3.63, 3.8) is 0 Å². The van der Waals surface area contributed by atoms with Crippen molar-refractivity contribution in [3.8, 4) is 11.5 Å². The van der Waals surface area contributed by atoms with Gasteiger partial charge in [0.05, 0.1) is 12.0 Å². The third-order valence-corrected chi connectivity index (χ3v) is 6.34. The Labute approximate surface area is 153 Å². The van der Waals surface area contributed by atoms with E-state index in [4.69, 9.17) is 21.1 Å². The van der Waals surface area contributed by atoms with Crippen LogP contribution in [-0.4, -0.2) is 39.0 Å². The second-order valence-electron chi connectivity index (χ2n) is 5.85. The number of hydrogen-bond donors (Lipinski definition) is 0. The summed E-state index contributed by atoms with van der Waals surface area (Å²) in [5.74, 6) is 1.34. The van der Waals surface area contributed by atoms with Crippen LogP contribution in [0.2, 0.25) is 5.02 Å². The van der Waals surface area contributed by atoms with Gasteiger partial charge in [-0.05, 0) is 55.3 Å². The first-order chi connectivity index (χ1) is 12.0. The van der Waals surface area contributed by atoms with E-state index < -0.39 is 10.0 Å². The molecule has 0 amide bonds. The Kier molecular flexibility index (Phi) is 5.51. The molecule has 1 fully saturated rings. The van der Waals surface area contributed by atoms with E-state index >= 15 is 0 Å². The molecule has 0 unspecified atom stereocenters. The lowest BCUT2D eigenvalue weighted by Crippen LogP contribution is -2.41. The first kappa shape index (κ1) is 18.0. The van der Waals surface area contributed by atoms with Crippen molar-refractivity contribution in [1.82, 2.24) is 4.31 Å². The number of piperidine rings is 1. The third-order valence-electron chi connectivity index (χ3n) is 4.20. The molecule has 3 rings (SSSR count). The molecule has 0 spiro atoms. The zero-order valence-electron chi connectivity index (χ0n) is 13.9. The van der Waals surface area contributed by atoms with Gasteiger partial charge in [0, 0.05) is 18.1 Å². The minimum Gasteiger partial charge on any atom is -0.497 e. The first-order valence-electron chi connectivity index (χ1n) is 8.05. The quantitative estimate of drug-likeness (QED) is 0.794. The van der Waals surface area contributed by atoms with Gasteiger partial charge in [-0.3, -0.25) is 0 Å². The highest BCUT2D eigenvalue weighted by atomic mass is 35.5. The van der Waals surface area contributed by atoms with Crippen molar-refractivity contribution in [2.45, 2.75) is 23.8 Å². The molecule has 2 aromatic carbocycles. The summed E-state index contributed by atoms with van der Waals surface area (Å²) < 4.78 is 37.9. The number of nitrogens with zero attached hydrogens (tertiary/aromatic N) is 1. The van der Waals surface area contributed by atoms with Crippen molar-refractivity contribution in [3.05, 3.63) is 53.6 Å². The molecule has 7 heteroatoms. The van der Waals surface area contributed by atoms with Crippen molar-refractivity contribution in [2.75, 3.05) is 20.2 Å². The second-order valence-corrected chi connectivity index (χ2v) is 8.23. The van der Waals surface area contributed by atoms with Crippen LogP contribution in [0.15, 0.2) is 53.4 Å². The van der Waals surface area contributed by atoms with Crippen LogP contribution in [0.1, 0.15) is 12.8 Å². The predicted molar refractivity (Wildman–Crippen MR) is 96.9 cm³/mol. The van der Waals surface area contributed by atoms with Crippen LogP contribution in [0.4, 0.5) is 0 Å². The molecule has 0 aromatic heterocycles. The average Bonchev–Trinajstić information content (AvgIpc) is 2.62. The minimum absolute atomic E-state index is 0.0132. The average molecular weight is 382 g/mol. The van der Waals surface area contributed by atoms with Crippen molar-refractivity contribution in [2.24, 2.45) is 0 Å². The number of methoxy groups -OCH3 is 1. The highest BCUT2D eigenvalue weighted by Crippen LogP contribution is 2.26. The molecule has 2 aromatic rings. The van der Waals surface area contributed by atoms with Crippen LogP contribution < -0.4 is 9.47 Å². The summed E-state index contributed by atoms with van der Waals surface area (Å²) >= 11 is 5.96. The van der Waals surface area contributed by atoms with Gasteiger partial charge in [-0.2, -0.15) is 4.31 Å². The van der Waals surface area contributed by atoms with E-state index in [1.165, 1.54) is 4.31 Å². The molecule has 1 aliphatic rings. The molecule has 0 saturated carbocycles. The number of rotatable bonds is 5. The topological polar surface area (TPSA) is 55.8 Å². The van der Waals surface area contributed by atoms with E-state index in [9.17, 15) is 8.42 Å². The van der Waals surface area contributed by atoms with Crippen LogP contribution in [0.25, 0.3) is 0 Å². The van der Waals surface area contributed by atoms with Gasteiger partial charge in [-0.25, -0.2) is 8.42 Å². The molecular weight excluding hydrogens is 362 g/mol. The molecule has 25 heavy (non-hydrogen) atoms. The highest BCUT2D eigenvalue weighted by Gasteiger charge is 2.30. The van der Waals surface area contributed by atoms with Crippen LogP contribution in [0, 0.1) is 0 Å². The highest BCUT2D eigenvalue weighted by molar-refractivity contribution is 7.89. The number of benzene rings is 2. The predicted octanol–water partition coefficient (Wildman–Crippen LogP) is 3.58. The van der Waals surface area contributed by atoms with Crippen LogP contribution in [0.5, 0.6) is 11.5 Å². The Morgan fingerprint density at radius 1 is 1.04 bits per heavy atom. The summed E-state index contributed by atoms with van der Waals surface area (Å²) in [6, 6.07) is 13.7. The lowest BCUT2D eigenvalue weighted by molar-refractivity contribution is 0.135. The molecule has 0 radical (unpaired) electrons. The number of ether oxygens (including phenoxy) is 2. The number of sulfonamides is 1. The Morgan fingerprint density at radius 3 is 2.32 bits per heavy atom. The second kappa shape index (κ2) is 7.64. The fourth-order valence-electron chi connectivity index (χ4n) is 2.82. The van der Waals surface area contributed by atoms with Crippen molar-refractivity contribution >= 4 is 21.6 Å². The van der Waals surface area contributed by atoms with Gasteiger partial charge >= 0.3 is 0 Å². The van der Waals surface area contributed by atoms with E-state index in [0.717, 1.165) is 0 Å². The van der Waals surface area contributed by atoms with Gasteiger partial charge in [-0.15, -0.1) is 0 Å². The molecule has 0 bridgehead atoms. The Morgan fingerprint density at radius 2 is 1.72 bits per heavy atom. The summed E-state index contributed by atoms with van der Waals surface area (Å²) in [5.41, 5.74) is 0. The van der Waals surface area contributed by atoms with Gasteiger partial charge in [0.25, 0.3) is 0 Å². The van der Waals surface area contributed by atoms with Gasteiger partial charge < -0.3 is 9.47 Å². The number of halogens is 1. The largest absolute Gasteiger partial charge is 0.497 e. The van der Waals surface area contributed by atoms with Crippen molar-refractivity contribution in [1.29, 1.82) is 0 Å². The minimum atomic E-state index is -3.49. The normalized spacial score (nSPS) is 16.6. The Bertz CT molecular complexity index is 815. The van der Waals surface area contributed by atoms with E-state index in [1.54, 1.807) is 43.5 Å². The molecular formula is C18H20ClNO4S. The van der Waals surface area contributed by atoms with E-state index in [0.29, 0.717) is 42.5 Å². The SMILES string of the molecule is COc1ccc(S(=O)(=O)N2CCC(Oc3cccc(Cl)c3)CC2)cc1. The van der Waals surface area contributed by atoms with Gasteiger partial charge in [0.15, 0.2) is 0 Å². The van der Waals surface area contributed by atoms with Crippen molar-refractivity contribution < 1.29 is 17.9 Å². The van der Waals surface area contributed by atoms with Crippen LogP contribution in [-0.2, 0) is 10.0 Å². The van der Waals surface area contributed by atoms with Gasteiger partial charge in [-0.1, -0.05) is 17.7 Å². The fraction of sp³-hybridized carbons (Fsp3) is 0.333. The molecule has 1 heterocycles. The zero-order valence-corrected chi connectivity index (χ0v) is 15.5. The van der Waals surface area contributed by atoms with E-state index in [2.05, 4.69) is 0 Å². The molecule has 0 atom stereocenters. The van der Waals surface area contributed by atoms with E-state index in [1.807, 2.05) is 12.1 Å². The summed E-state index contributed by atoms with van der Waals surface area (Å²) in [7, 11) is -1.94. The number of hydrogen-bond acceptors (Lipinski definition) is 4.